The first-order valence-electron chi connectivity index (χ1n) is 18.8. The van der Waals surface area contributed by atoms with E-state index in [1.54, 1.807) is 23.0 Å². The molecule has 0 atom stereocenters. The maximum atomic E-state index is 14.7. The van der Waals surface area contributed by atoms with Gasteiger partial charge >= 0.3 is 0 Å². The van der Waals surface area contributed by atoms with Gasteiger partial charge < -0.3 is 25.8 Å². The highest BCUT2D eigenvalue weighted by Gasteiger charge is 2.14. The minimum Gasteiger partial charge on any atom is -0.383 e. The van der Waals surface area contributed by atoms with Gasteiger partial charge in [0.25, 0.3) is 0 Å². The number of aromatic nitrogens is 4. The first-order valence-corrected chi connectivity index (χ1v) is 18.8. The second-order valence-corrected chi connectivity index (χ2v) is 12.2. The smallest absolute Gasteiger partial charge is 0.227 e. The van der Waals surface area contributed by atoms with Crippen LogP contribution in [0.1, 0.15) is 46.1 Å². The molecular formula is C43H56F3N9. The van der Waals surface area contributed by atoms with E-state index in [-0.39, 0.29) is 17.9 Å². The van der Waals surface area contributed by atoms with Gasteiger partial charge in [-0.25, -0.2) is 27.7 Å². The Morgan fingerprint density at radius 2 is 1.67 bits per heavy atom. The summed E-state index contributed by atoms with van der Waals surface area (Å²) in [7, 11) is 2.16. The Bertz CT molecular complexity index is 1910. The van der Waals surface area contributed by atoms with Crippen LogP contribution in [0.15, 0.2) is 116 Å². The number of piperazine rings is 1. The summed E-state index contributed by atoms with van der Waals surface area (Å²) in [5.74, 6) is -0.939. The van der Waals surface area contributed by atoms with Crippen LogP contribution in [0.2, 0.25) is 0 Å². The van der Waals surface area contributed by atoms with Crippen molar-refractivity contribution in [1.82, 2.24) is 34.7 Å². The van der Waals surface area contributed by atoms with Crippen molar-refractivity contribution in [3.05, 3.63) is 139 Å². The lowest BCUT2D eigenvalue weighted by Crippen LogP contribution is -2.44. The molecule has 0 unspecified atom stereocenters. The molecule has 6 rings (SSSR count). The molecule has 2 aromatic carbocycles. The fourth-order valence-corrected chi connectivity index (χ4v) is 5.65. The third-order valence-electron chi connectivity index (χ3n) is 8.45. The number of nitrogens with zero attached hydrogens (tertiary/aromatic N) is 6. The molecule has 0 aliphatic carbocycles. The Hall–Kier alpha value is -5.46. The summed E-state index contributed by atoms with van der Waals surface area (Å²) in [4.78, 5) is 13.7. The highest BCUT2D eigenvalue weighted by atomic mass is 19.1. The molecule has 3 aromatic heterocycles. The number of hydrogen-bond acceptors (Lipinski definition) is 8. The van der Waals surface area contributed by atoms with Crippen molar-refractivity contribution in [3.8, 4) is 11.3 Å². The molecule has 3 N–H and O–H groups in total. The highest BCUT2D eigenvalue weighted by molar-refractivity contribution is 5.78. The van der Waals surface area contributed by atoms with E-state index < -0.39 is 11.6 Å². The monoisotopic (exact) mass is 755 g/mol. The van der Waals surface area contributed by atoms with Gasteiger partial charge in [0.1, 0.15) is 17.5 Å². The number of halogens is 3. The summed E-state index contributed by atoms with van der Waals surface area (Å²) in [5.41, 5.74) is 4.66. The molecular weight excluding hydrogens is 700 g/mol. The van der Waals surface area contributed by atoms with Crippen LogP contribution in [0, 0.1) is 17.5 Å². The molecule has 0 amide bonds. The molecule has 1 fully saturated rings. The van der Waals surface area contributed by atoms with Crippen LogP contribution in [0.5, 0.6) is 0 Å². The second-order valence-electron chi connectivity index (χ2n) is 12.2. The van der Waals surface area contributed by atoms with Gasteiger partial charge in [0.2, 0.25) is 5.95 Å². The van der Waals surface area contributed by atoms with Crippen LogP contribution in [0.3, 0.4) is 0 Å². The van der Waals surface area contributed by atoms with Crippen LogP contribution < -0.4 is 16.0 Å². The third kappa shape index (κ3) is 13.7. The lowest BCUT2D eigenvalue weighted by molar-refractivity contribution is 0.154. The number of pyridine rings is 1. The molecule has 0 bridgehead atoms. The molecule has 1 aliphatic rings. The van der Waals surface area contributed by atoms with Crippen LogP contribution in [0.25, 0.3) is 16.8 Å². The summed E-state index contributed by atoms with van der Waals surface area (Å²) in [6.45, 7) is 20.3. The van der Waals surface area contributed by atoms with Gasteiger partial charge in [-0.2, -0.15) is 5.10 Å². The molecule has 1 aliphatic heterocycles. The Balaban J connectivity index is 0.000000327. The fourth-order valence-electron chi connectivity index (χ4n) is 5.65. The topological polar surface area (TPSA) is 85.6 Å². The maximum Gasteiger partial charge on any atom is 0.227 e. The quantitative estimate of drug-likeness (QED) is 0.0623. The van der Waals surface area contributed by atoms with Crippen molar-refractivity contribution in [2.45, 2.75) is 47.1 Å². The number of likely N-dealkylation sites (N-methyl/N-ethyl adjacent to an activating group) is 1. The Kier molecular flexibility index (Phi) is 19.2. The predicted octanol–water partition coefficient (Wildman–Crippen LogP) is 9.48. The average Bonchev–Trinajstić information content (AvgIpc) is 3.64. The first-order chi connectivity index (χ1) is 26.8. The van der Waals surface area contributed by atoms with E-state index >= 15 is 0 Å². The lowest BCUT2D eigenvalue weighted by atomic mass is 10.2. The molecule has 294 valence electrons. The molecule has 0 spiro atoms. The summed E-state index contributed by atoms with van der Waals surface area (Å²) in [5, 5.41) is 13.7. The van der Waals surface area contributed by atoms with Crippen LogP contribution in [-0.4, -0.2) is 75.7 Å². The number of hydrogen-bond donors (Lipinski definition) is 3. The van der Waals surface area contributed by atoms with Gasteiger partial charge in [0.05, 0.1) is 23.1 Å². The number of fused-ring (bicyclic) bond motifs is 1. The molecule has 12 heteroatoms. The summed E-state index contributed by atoms with van der Waals surface area (Å²) in [6, 6.07) is 16.7. The minimum absolute atomic E-state index is 0.0685. The zero-order valence-corrected chi connectivity index (χ0v) is 32.8. The van der Waals surface area contributed by atoms with E-state index in [0.717, 1.165) is 74.6 Å². The maximum absolute atomic E-state index is 14.7. The zero-order chi connectivity index (χ0) is 40.0. The van der Waals surface area contributed by atoms with E-state index in [4.69, 9.17) is 0 Å². The SMILES string of the molecule is C/C=C\C(=C/CC)NCc1c(F)cccc1F.C=C.CC.CN1CCN(CCCNc2ccc(Nc3nccc(-c4cnn5ccccc45)n3)cc2F)CC1. The van der Waals surface area contributed by atoms with Crippen molar-refractivity contribution in [3.63, 3.8) is 0 Å². The van der Waals surface area contributed by atoms with E-state index in [2.05, 4.69) is 61.0 Å². The van der Waals surface area contributed by atoms with Crippen molar-refractivity contribution >= 4 is 22.8 Å². The van der Waals surface area contributed by atoms with Crippen LogP contribution in [-0.2, 0) is 6.54 Å². The Labute approximate surface area is 324 Å². The van der Waals surface area contributed by atoms with Gasteiger partial charge in [-0.15, -0.1) is 13.2 Å². The van der Waals surface area contributed by atoms with Gasteiger partial charge in [0, 0.05) is 74.2 Å². The predicted molar refractivity (Wildman–Crippen MR) is 222 cm³/mol. The Morgan fingerprint density at radius 1 is 0.927 bits per heavy atom. The third-order valence-corrected chi connectivity index (χ3v) is 8.45. The molecule has 5 aromatic rings. The first kappa shape index (κ1) is 43.9. The molecule has 0 saturated carbocycles. The summed E-state index contributed by atoms with van der Waals surface area (Å²) < 4.78 is 43.2. The Morgan fingerprint density at radius 3 is 2.36 bits per heavy atom. The second kappa shape index (κ2) is 24.0. The summed E-state index contributed by atoms with van der Waals surface area (Å²) in [6.07, 6.45) is 12.9. The normalized spacial score (nSPS) is 13.2. The number of nitrogens with one attached hydrogen (secondary N) is 3. The van der Waals surface area contributed by atoms with Crippen molar-refractivity contribution < 1.29 is 13.2 Å². The average molecular weight is 756 g/mol. The standard InChI is InChI=1S/C25H29FN8.C14H17F2N.C2H6.C2H4/c1-32-13-15-33(16-14-32)11-4-9-27-23-7-6-19(17-21(23)26)30-25-28-10-8-22(31-25)20-18-29-34-12-3-2-5-24(20)34;1-3-6-11(7-4-2)17-10-12-13(15)8-5-9-14(12)16;2*1-2/h2-3,5-8,10,12,17-18,27H,4,9,11,13-16H2,1H3,(H,28,30,31);3,5-9,17H,4,10H2,1-2H3;1-2H3;1-2H2/b;6-3-,11-7+;;. The number of benzene rings is 2. The number of allylic oxidation sites excluding steroid dienone is 3. The van der Waals surface area contributed by atoms with Gasteiger partial charge in [0.15, 0.2) is 0 Å². The van der Waals surface area contributed by atoms with E-state index in [0.29, 0.717) is 17.3 Å². The van der Waals surface area contributed by atoms with Gasteiger partial charge in [-0.3, -0.25) is 0 Å². The van der Waals surface area contributed by atoms with E-state index in [9.17, 15) is 13.2 Å². The van der Waals surface area contributed by atoms with Crippen molar-refractivity contribution in [2.24, 2.45) is 0 Å². The molecule has 55 heavy (non-hydrogen) atoms. The summed E-state index contributed by atoms with van der Waals surface area (Å²) >= 11 is 0. The highest BCUT2D eigenvalue weighted by Crippen LogP contribution is 2.25. The largest absolute Gasteiger partial charge is 0.383 e. The van der Waals surface area contributed by atoms with Gasteiger partial charge in [-0.1, -0.05) is 45.1 Å². The molecule has 4 heterocycles. The fraction of sp³-hybridized carbons (Fsp3) is 0.326. The number of anilines is 3. The van der Waals surface area contributed by atoms with Crippen LogP contribution in [0.4, 0.5) is 30.5 Å². The minimum atomic E-state index is -0.520. The van der Waals surface area contributed by atoms with Crippen molar-refractivity contribution in [2.75, 3.05) is 56.9 Å². The molecule has 9 nitrogen and oxygen atoms in total. The van der Waals surface area contributed by atoms with E-state index in [1.165, 1.54) is 24.3 Å². The van der Waals surface area contributed by atoms with Crippen molar-refractivity contribution in [1.29, 1.82) is 0 Å². The van der Waals surface area contributed by atoms with E-state index in [1.807, 2.05) is 82.5 Å². The zero-order valence-electron chi connectivity index (χ0n) is 32.8. The molecule has 1 saturated heterocycles. The molecule has 0 radical (unpaired) electrons. The van der Waals surface area contributed by atoms with Gasteiger partial charge in [-0.05, 0) is 88.0 Å². The lowest BCUT2D eigenvalue weighted by Gasteiger charge is -2.32. The number of rotatable bonds is 13. The van der Waals surface area contributed by atoms with Crippen LogP contribution >= 0.6 is 0 Å².